The lowest BCUT2D eigenvalue weighted by Crippen LogP contribution is -2.49. The van der Waals surface area contributed by atoms with Crippen LogP contribution in [-0.4, -0.2) is 56.0 Å². The number of hydrogen-bond acceptors (Lipinski definition) is 5. The van der Waals surface area contributed by atoms with Crippen LogP contribution in [0.5, 0.6) is 0 Å². The quantitative estimate of drug-likeness (QED) is 0.435. The summed E-state index contributed by atoms with van der Waals surface area (Å²) in [5.41, 5.74) is 3.22. The summed E-state index contributed by atoms with van der Waals surface area (Å²) in [7, 11) is 1.32. The largest absolute Gasteiger partial charge is 0.465 e. The third kappa shape index (κ3) is 5.95. The van der Waals surface area contributed by atoms with Crippen LogP contribution >= 0.6 is 0 Å². The van der Waals surface area contributed by atoms with Gasteiger partial charge in [0.15, 0.2) is 0 Å². The Morgan fingerprint density at radius 2 is 1.49 bits per heavy atom. The molecule has 1 fully saturated rings. The molecule has 0 bridgehead atoms. The first-order chi connectivity index (χ1) is 17.0. The summed E-state index contributed by atoms with van der Waals surface area (Å²) < 4.78 is 4.85. The molecule has 0 aliphatic carbocycles. The van der Waals surface area contributed by atoms with Crippen molar-refractivity contribution >= 4 is 35.2 Å². The van der Waals surface area contributed by atoms with E-state index in [2.05, 4.69) is 10.2 Å². The predicted molar refractivity (Wildman–Crippen MR) is 136 cm³/mol. The standard InChI is InChI=1S/C28H27N3O4/c1-35-28(34)23-13-14-25(24(20-23)29-26(32)15-12-21-8-4-2-5-9-21)30-16-18-31(19-17-30)27(33)22-10-6-3-7-11-22/h2-15,20H,16-19H2,1H3,(H,29,32). The molecule has 0 aromatic heterocycles. The van der Waals surface area contributed by atoms with Crippen molar-refractivity contribution in [2.24, 2.45) is 0 Å². The van der Waals surface area contributed by atoms with Crippen LogP contribution in [0.1, 0.15) is 26.3 Å². The summed E-state index contributed by atoms with van der Waals surface area (Å²) in [6.07, 6.45) is 3.19. The number of carbonyl (C=O) groups is 3. The van der Waals surface area contributed by atoms with E-state index in [0.29, 0.717) is 43.0 Å². The van der Waals surface area contributed by atoms with E-state index in [1.165, 1.54) is 13.2 Å². The molecule has 7 heteroatoms. The fraction of sp³-hybridized carbons (Fsp3) is 0.179. The second-order valence-electron chi connectivity index (χ2n) is 8.10. The number of anilines is 2. The third-order valence-electron chi connectivity index (χ3n) is 5.83. The molecular formula is C28H27N3O4. The molecule has 0 atom stereocenters. The third-order valence-corrected chi connectivity index (χ3v) is 5.83. The summed E-state index contributed by atoms with van der Waals surface area (Å²) in [6.45, 7) is 2.29. The van der Waals surface area contributed by atoms with Gasteiger partial charge in [0, 0.05) is 37.8 Å². The zero-order valence-corrected chi connectivity index (χ0v) is 19.5. The molecule has 0 unspecified atom stereocenters. The number of nitrogens with one attached hydrogen (secondary N) is 1. The summed E-state index contributed by atoms with van der Waals surface area (Å²) in [6, 6.07) is 23.9. The smallest absolute Gasteiger partial charge is 0.337 e. The number of carbonyl (C=O) groups excluding carboxylic acids is 3. The number of rotatable bonds is 6. The lowest BCUT2D eigenvalue weighted by Gasteiger charge is -2.37. The van der Waals surface area contributed by atoms with Crippen molar-refractivity contribution in [2.45, 2.75) is 0 Å². The number of ether oxygens (including phenoxy) is 1. The maximum absolute atomic E-state index is 12.8. The second-order valence-corrected chi connectivity index (χ2v) is 8.10. The topological polar surface area (TPSA) is 79.0 Å². The number of esters is 1. The molecule has 0 saturated carbocycles. The number of nitrogens with zero attached hydrogens (tertiary/aromatic N) is 2. The van der Waals surface area contributed by atoms with Gasteiger partial charge in [0.05, 0.1) is 24.0 Å². The Hall–Kier alpha value is -4.39. The highest BCUT2D eigenvalue weighted by Crippen LogP contribution is 2.29. The van der Waals surface area contributed by atoms with Gasteiger partial charge in [0.25, 0.3) is 5.91 Å². The number of benzene rings is 3. The zero-order chi connectivity index (χ0) is 24.6. The minimum absolute atomic E-state index is 0.00543. The van der Waals surface area contributed by atoms with E-state index < -0.39 is 5.97 Å². The van der Waals surface area contributed by atoms with Crippen LogP contribution in [0.4, 0.5) is 11.4 Å². The molecule has 3 aromatic rings. The average molecular weight is 470 g/mol. The summed E-state index contributed by atoms with van der Waals surface area (Å²) in [5.74, 6) is -0.786. The molecule has 178 valence electrons. The van der Waals surface area contributed by atoms with Crippen molar-refractivity contribution in [1.29, 1.82) is 0 Å². The highest BCUT2D eigenvalue weighted by Gasteiger charge is 2.24. The van der Waals surface area contributed by atoms with E-state index >= 15 is 0 Å². The zero-order valence-electron chi connectivity index (χ0n) is 19.5. The van der Waals surface area contributed by atoms with E-state index in [1.54, 1.807) is 24.3 Å². The van der Waals surface area contributed by atoms with Crippen LogP contribution in [0.15, 0.2) is 84.9 Å². The maximum atomic E-state index is 12.8. The van der Waals surface area contributed by atoms with Crippen molar-refractivity contribution in [1.82, 2.24) is 4.90 Å². The van der Waals surface area contributed by atoms with Gasteiger partial charge in [-0.05, 0) is 42.0 Å². The van der Waals surface area contributed by atoms with Crippen LogP contribution in [0.25, 0.3) is 6.08 Å². The number of hydrogen-bond donors (Lipinski definition) is 1. The van der Waals surface area contributed by atoms with Crippen molar-refractivity contribution in [3.05, 3.63) is 102 Å². The molecule has 2 amide bonds. The molecule has 4 rings (SSSR count). The van der Waals surface area contributed by atoms with Crippen LogP contribution in [0, 0.1) is 0 Å². The van der Waals surface area contributed by atoms with E-state index in [1.807, 2.05) is 65.6 Å². The Kier molecular flexibility index (Phi) is 7.57. The minimum Gasteiger partial charge on any atom is -0.465 e. The van der Waals surface area contributed by atoms with Crippen LogP contribution in [0.3, 0.4) is 0 Å². The summed E-state index contributed by atoms with van der Waals surface area (Å²) in [5, 5.41) is 2.90. The first-order valence-electron chi connectivity index (χ1n) is 11.4. The van der Waals surface area contributed by atoms with E-state index in [4.69, 9.17) is 4.74 Å². The van der Waals surface area contributed by atoms with Gasteiger partial charge in [-0.1, -0.05) is 48.5 Å². The van der Waals surface area contributed by atoms with Crippen LogP contribution in [-0.2, 0) is 9.53 Å². The molecule has 35 heavy (non-hydrogen) atoms. The summed E-state index contributed by atoms with van der Waals surface area (Å²) >= 11 is 0. The van der Waals surface area contributed by atoms with Gasteiger partial charge in [-0.25, -0.2) is 4.79 Å². The molecule has 1 N–H and O–H groups in total. The van der Waals surface area contributed by atoms with Crippen LogP contribution < -0.4 is 10.2 Å². The Bertz CT molecular complexity index is 1220. The van der Waals surface area contributed by atoms with Gasteiger partial charge in [-0.2, -0.15) is 0 Å². The fourth-order valence-electron chi connectivity index (χ4n) is 3.98. The highest BCUT2D eigenvalue weighted by atomic mass is 16.5. The lowest BCUT2D eigenvalue weighted by atomic mass is 10.1. The Morgan fingerprint density at radius 1 is 0.829 bits per heavy atom. The van der Waals surface area contributed by atoms with Crippen molar-refractivity contribution < 1.29 is 19.1 Å². The van der Waals surface area contributed by atoms with Gasteiger partial charge in [0.1, 0.15) is 0 Å². The number of methoxy groups -OCH3 is 1. The molecule has 3 aromatic carbocycles. The van der Waals surface area contributed by atoms with Crippen molar-refractivity contribution in [3.63, 3.8) is 0 Å². The summed E-state index contributed by atoms with van der Waals surface area (Å²) in [4.78, 5) is 41.5. The number of amides is 2. The molecule has 1 aliphatic heterocycles. The fourth-order valence-corrected chi connectivity index (χ4v) is 3.98. The van der Waals surface area contributed by atoms with E-state index in [0.717, 1.165) is 11.3 Å². The first kappa shape index (κ1) is 23.8. The Morgan fingerprint density at radius 3 is 2.14 bits per heavy atom. The Balaban J connectivity index is 1.50. The lowest BCUT2D eigenvalue weighted by molar-refractivity contribution is -0.111. The molecule has 7 nitrogen and oxygen atoms in total. The van der Waals surface area contributed by atoms with Crippen molar-refractivity contribution in [3.8, 4) is 0 Å². The predicted octanol–water partition coefficient (Wildman–Crippen LogP) is 4.09. The molecular weight excluding hydrogens is 442 g/mol. The van der Waals surface area contributed by atoms with Gasteiger partial charge in [-0.15, -0.1) is 0 Å². The minimum atomic E-state index is -0.481. The molecule has 1 saturated heterocycles. The highest BCUT2D eigenvalue weighted by molar-refractivity contribution is 6.05. The number of piperazine rings is 1. The molecule has 0 radical (unpaired) electrons. The van der Waals surface area contributed by atoms with E-state index in [-0.39, 0.29) is 11.8 Å². The molecule has 1 heterocycles. The molecule has 0 spiro atoms. The van der Waals surface area contributed by atoms with Gasteiger partial charge < -0.3 is 19.9 Å². The molecule has 1 aliphatic rings. The van der Waals surface area contributed by atoms with Gasteiger partial charge in [0.2, 0.25) is 5.91 Å². The van der Waals surface area contributed by atoms with Gasteiger partial charge >= 0.3 is 5.97 Å². The normalized spacial score (nSPS) is 13.5. The maximum Gasteiger partial charge on any atom is 0.337 e. The van der Waals surface area contributed by atoms with Crippen molar-refractivity contribution in [2.75, 3.05) is 43.5 Å². The SMILES string of the molecule is COC(=O)c1ccc(N2CCN(C(=O)c3ccccc3)CC2)c(NC(=O)C=Cc2ccccc2)c1. The average Bonchev–Trinajstić information content (AvgIpc) is 2.92. The van der Waals surface area contributed by atoms with E-state index in [9.17, 15) is 14.4 Å². The second kappa shape index (κ2) is 11.2. The monoisotopic (exact) mass is 469 g/mol. The van der Waals surface area contributed by atoms with Gasteiger partial charge in [-0.3, -0.25) is 9.59 Å². The van der Waals surface area contributed by atoms with Crippen LogP contribution in [0.2, 0.25) is 0 Å². The Labute approximate surface area is 204 Å². The first-order valence-corrected chi connectivity index (χ1v) is 11.4.